The second kappa shape index (κ2) is 11.1. The topological polar surface area (TPSA) is 66.4 Å². The van der Waals surface area contributed by atoms with Crippen LogP contribution >= 0.6 is 15.9 Å². The molecule has 3 aromatic rings. The summed E-state index contributed by atoms with van der Waals surface area (Å²) in [5.74, 6) is 3.14. The Morgan fingerprint density at radius 2 is 1.27 bits per heavy atom. The lowest BCUT2D eigenvalue weighted by Gasteiger charge is -2.20. The highest BCUT2D eigenvalue weighted by Gasteiger charge is 2.22. The van der Waals surface area contributed by atoms with Gasteiger partial charge in [0.2, 0.25) is 0 Å². The fourth-order valence-corrected chi connectivity index (χ4v) is 4.03. The lowest BCUT2D eigenvalue weighted by atomic mass is 9.92. The van der Waals surface area contributed by atoms with Gasteiger partial charge < -0.3 is 28.8 Å². The summed E-state index contributed by atoms with van der Waals surface area (Å²) in [4.78, 5) is 0. The highest BCUT2D eigenvalue weighted by atomic mass is 79.9. The second-order valence-corrected chi connectivity index (χ2v) is 7.90. The Morgan fingerprint density at radius 3 is 1.79 bits per heavy atom. The molecule has 0 spiro atoms. The van der Waals surface area contributed by atoms with E-state index in [-0.39, 0.29) is 0 Å². The van der Waals surface area contributed by atoms with Gasteiger partial charge in [0.05, 0.1) is 40.0 Å². The summed E-state index contributed by atoms with van der Waals surface area (Å²) in [7, 11) is 7.95. The van der Waals surface area contributed by atoms with Crippen molar-refractivity contribution in [3.8, 4) is 28.7 Å². The maximum atomic E-state index is 11.6. The number of hydrogen-bond acceptors (Lipinski definition) is 6. The van der Waals surface area contributed by atoms with E-state index in [1.807, 2.05) is 42.5 Å². The highest BCUT2D eigenvalue weighted by Crippen LogP contribution is 2.42. The van der Waals surface area contributed by atoms with Crippen molar-refractivity contribution in [1.29, 1.82) is 0 Å². The van der Waals surface area contributed by atoms with Gasteiger partial charge in [-0.3, -0.25) is 0 Å². The molecule has 0 radical (unpaired) electrons. The van der Waals surface area contributed by atoms with Crippen LogP contribution < -0.4 is 23.7 Å². The van der Waals surface area contributed by atoms with E-state index in [0.29, 0.717) is 38.6 Å². The summed E-state index contributed by atoms with van der Waals surface area (Å²) in [6.07, 6.45) is 0.893. The van der Waals surface area contributed by atoms with Gasteiger partial charge in [-0.1, -0.05) is 12.1 Å². The van der Waals surface area contributed by atoms with Gasteiger partial charge in [0.1, 0.15) is 34.9 Å². The molecule has 7 heteroatoms. The number of aliphatic hydroxyl groups is 1. The minimum atomic E-state index is -1.01. The Hall–Kier alpha value is -3.16. The fraction of sp³-hybridized carbons (Fsp3) is 0.231. The summed E-state index contributed by atoms with van der Waals surface area (Å²) in [6, 6.07) is 16.6. The summed E-state index contributed by atoms with van der Waals surface area (Å²) in [5, 5.41) is 11.6. The van der Waals surface area contributed by atoms with E-state index >= 15 is 0 Å². The quantitative estimate of drug-likeness (QED) is 0.366. The number of rotatable bonds is 9. The van der Waals surface area contributed by atoms with Gasteiger partial charge >= 0.3 is 0 Å². The Morgan fingerprint density at radius 1 is 0.727 bits per heavy atom. The largest absolute Gasteiger partial charge is 0.497 e. The van der Waals surface area contributed by atoms with E-state index in [1.54, 1.807) is 53.7 Å². The molecule has 33 heavy (non-hydrogen) atoms. The molecule has 0 saturated heterocycles. The third-order valence-electron chi connectivity index (χ3n) is 5.20. The molecule has 0 aliphatic carbocycles. The van der Waals surface area contributed by atoms with Gasteiger partial charge in [0.25, 0.3) is 0 Å². The Bertz CT molecular complexity index is 1100. The number of methoxy groups -OCH3 is 5. The molecule has 174 valence electrons. The van der Waals surface area contributed by atoms with Crippen LogP contribution in [0.1, 0.15) is 22.8 Å². The minimum absolute atomic E-state index is 0.556. The zero-order chi connectivity index (χ0) is 24.0. The average molecular weight is 515 g/mol. The predicted octanol–water partition coefficient (Wildman–Crippen LogP) is 5.77. The summed E-state index contributed by atoms with van der Waals surface area (Å²) < 4.78 is 27.6. The second-order valence-electron chi connectivity index (χ2n) is 7.11. The van der Waals surface area contributed by atoms with Crippen LogP contribution in [0.15, 0.2) is 59.1 Å². The first-order valence-electron chi connectivity index (χ1n) is 10.1. The smallest absolute Gasteiger partial charge is 0.137 e. The molecule has 0 amide bonds. The molecule has 0 bridgehead atoms. The first kappa shape index (κ1) is 24.5. The van der Waals surface area contributed by atoms with Crippen LogP contribution in [0.3, 0.4) is 0 Å². The molecule has 0 aliphatic rings. The lowest BCUT2D eigenvalue weighted by molar-refractivity contribution is 0.236. The molecule has 0 aliphatic heterocycles. The van der Waals surface area contributed by atoms with E-state index in [2.05, 4.69) is 15.9 Å². The zero-order valence-corrected chi connectivity index (χ0v) is 20.8. The molecular weight excluding hydrogens is 488 g/mol. The van der Waals surface area contributed by atoms with Crippen LogP contribution in [0.4, 0.5) is 0 Å². The van der Waals surface area contributed by atoms with Crippen molar-refractivity contribution in [1.82, 2.24) is 0 Å². The molecule has 1 N–H and O–H groups in total. The number of ether oxygens (including phenoxy) is 5. The van der Waals surface area contributed by atoms with Crippen LogP contribution in [0, 0.1) is 0 Å². The highest BCUT2D eigenvalue weighted by molar-refractivity contribution is 9.10. The average Bonchev–Trinajstić information content (AvgIpc) is 2.86. The molecule has 0 heterocycles. The first-order valence-corrected chi connectivity index (χ1v) is 10.9. The van der Waals surface area contributed by atoms with Crippen molar-refractivity contribution in [2.24, 2.45) is 0 Å². The van der Waals surface area contributed by atoms with Gasteiger partial charge in [0.15, 0.2) is 0 Å². The standard InChI is InChI=1S/C26H27BrO6/c1-29-18-8-6-17(7-9-18)22(12-16-10-19(30-2)13-20(11-16)31-3)26(28)23-14-21(32-4)15-24(33-5)25(23)27/h6-15,26,28H,1-5H3/b22-12+. The van der Waals surface area contributed by atoms with Gasteiger partial charge in [0, 0.05) is 17.7 Å². The molecular formula is C26H27BrO6. The van der Waals surface area contributed by atoms with E-state index in [9.17, 15) is 5.11 Å². The fourth-order valence-electron chi connectivity index (χ4n) is 3.42. The van der Waals surface area contributed by atoms with Crippen LogP contribution in [-0.2, 0) is 0 Å². The van der Waals surface area contributed by atoms with E-state index in [0.717, 1.165) is 16.9 Å². The molecule has 1 unspecified atom stereocenters. The zero-order valence-electron chi connectivity index (χ0n) is 19.2. The minimum Gasteiger partial charge on any atom is -0.497 e. The van der Waals surface area contributed by atoms with Gasteiger partial charge in [-0.05, 0) is 69.0 Å². The maximum absolute atomic E-state index is 11.6. The van der Waals surface area contributed by atoms with E-state index in [4.69, 9.17) is 23.7 Å². The molecule has 3 aromatic carbocycles. The number of halogens is 1. The third kappa shape index (κ3) is 5.61. The Balaban J connectivity index is 2.21. The number of aliphatic hydroxyl groups excluding tert-OH is 1. The predicted molar refractivity (Wildman–Crippen MR) is 133 cm³/mol. The van der Waals surface area contributed by atoms with Crippen LogP contribution in [0.5, 0.6) is 28.7 Å². The lowest BCUT2D eigenvalue weighted by Crippen LogP contribution is -2.04. The monoisotopic (exact) mass is 514 g/mol. The molecule has 0 saturated carbocycles. The van der Waals surface area contributed by atoms with Crippen molar-refractivity contribution < 1.29 is 28.8 Å². The number of hydrogen-bond donors (Lipinski definition) is 1. The van der Waals surface area contributed by atoms with Gasteiger partial charge in [-0.25, -0.2) is 0 Å². The molecule has 3 rings (SSSR count). The Labute approximate surface area is 202 Å². The number of benzene rings is 3. The molecule has 1 atom stereocenters. The van der Waals surface area contributed by atoms with Crippen molar-refractivity contribution in [2.45, 2.75) is 6.10 Å². The maximum Gasteiger partial charge on any atom is 0.137 e. The molecule has 0 fully saturated rings. The SMILES string of the molecule is COc1ccc(/C(=C\c2cc(OC)cc(OC)c2)C(O)c2cc(OC)cc(OC)c2Br)cc1. The Kier molecular flexibility index (Phi) is 8.25. The van der Waals surface area contributed by atoms with Crippen LogP contribution in [0.2, 0.25) is 0 Å². The van der Waals surface area contributed by atoms with Gasteiger partial charge in [-0.15, -0.1) is 0 Å². The van der Waals surface area contributed by atoms with Gasteiger partial charge in [-0.2, -0.15) is 0 Å². The van der Waals surface area contributed by atoms with Crippen molar-refractivity contribution in [2.75, 3.05) is 35.5 Å². The molecule has 0 aromatic heterocycles. The van der Waals surface area contributed by atoms with Crippen molar-refractivity contribution in [3.63, 3.8) is 0 Å². The first-order chi connectivity index (χ1) is 15.9. The van der Waals surface area contributed by atoms with Crippen molar-refractivity contribution in [3.05, 3.63) is 75.8 Å². The van der Waals surface area contributed by atoms with Crippen LogP contribution in [-0.4, -0.2) is 40.7 Å². The normalized spacial score (nSPS) is 12.2. The summed E-state index contributed by atoms with van der Waals surface area (Å²) in [6.45, 7) is 0. The van der Waals surface area contributed by atoms with Crippen LogP contribution in [0.25, 0.3) is 11.6 Å². The third-order valence-corrected chi connectivity index (χ3v) is 6.05. The summed E-state index contributed by atoms with van der Waals surface area (Å²) in [5.41, 5.74) is 2.88. The summed E-state index contributed by atoms with van der Waals surface area (Å²) >= 11 is 3.57. The molecule has 6 nitrogen and oxygen atoms in total. The van der Waals surface area contributed by atoms with E-state index in [1.165, 1.54) is 0 Å². The van der Waals surface area contributed by atoms with Crippen molar-refractivity contribution >= 4 is 27.6 Å². The van der Waals surface area contributed by atoms with E-state index < -0.39 is 6.10 Å².